The number of likely N-dealkylation sites (tertiary alicyclic amines) is 1. The van der Waals surface area contributed by atoms with E-state index in [1.807, 2.05) is 49.1 Å². The third-order valence-corrected chi connectivity index (χ3v) is 4.18. The number of amides is 1. The van der Waals surface area contributed by atoms with E-state index >= 15 is 0 Å². The predicted octanol–water partition coefficient (Wildman–Crippen LogP) is 1.95. The second kappa shape index (κ2) is 11.0. The highest BCUT2D eigenvalue weighted by atomic mass is 127. The summed E-state index contributed by atoms with van der Waals surface area (Å²) in [5, 5.41) is 5.99. The fraction of sp³-hybridized carbons (Fsp3) is 0.500. The number of nitrogens with one attached hydrogen (secondary N) is 2. The molecule has 8 heteroatoms. The highest BCUT2D eigenvalue weighted by molar-refractivity contribution is 14.0. The van der Waals surface area contributed by atoms with Crippen molar-refractivity contribution in [3.63, 3.8) is 0 Å². The maximum Gasteiger partial charge on any atom is 0.310 e. The number of halogens is 1. The molecule has 1 amide bonds. The summed E-state index contributed by atoms with van der Waals surface area (Å²) >= 11 is 0. The van der Waals surface area contributed by atoms with Crippen LogP contribution in [-0.4, -0.2) is 56.0 Å². The van der Waals surface area contributed by atoms with E-state index in [9.17, 15) is 9.59 Å². The number of nitrogens with zero attached hydrogens (tertiary/aromatic N) is 2. The van der Waals surface area contributed by atoms with Crippen LogP contribution in [-0.2, 0) is 14.3 Å². The van der Waals surface area contributed by atoms with Gasteiger partial charge in [-0.3, -0.25) is 9.59 Å². The van der Waals surface area contributed by atoms with Gasteiger partial charge in [-0.25, -0.2) is 4.99 Å². The van der Waals surface area contributed by atoms with Crippen LogP contribution in [0.5, 0.6) is 0 Å². The predicted molar refractivity (Wildman–Crippen MR) is 113 cm³/mol. The summed E-state index contributed by atoms with van der Waals surface area (Å²) in [6.45, 7) is 5.94. The smallest absolute Gasteiger partial charge is 0.310 e. The molecule has 2 unspecified atom stereocenters. The highest BCUT2D eigenvalue weighted by Crippen LogP contribution is 2.24. The van der Waals surface area contributed by atoms with E-state index in [-0.39, 0.29) is 54.2 Å². The summed E-state index contributed by atoms with van der Waals surface area (Å²) in [7, 11) is 1.41. The number of hydrogen-bond acceptors (Lipinski definition) is 4. The maximum atomic E-state index is 12.1. The molecule has 2 N–H and O–H groups in total. The van der Waals surface area contributed by atoms with E-state index in [0.29, 0.717) is 25.6 Å². The first kappa shape index (κ1) is 22.2. The fourth-order valence-corrected chi connectivity index (χ4v) is 2.89. The number of esters is 1. The van der Waals surface area contributed by atoms with Crippen molar-refractivity contribution in [1.82, 2.24) is 10.2 Å². The van der Waals surface area contributed by atoms with Gasteiger partial charge in [-0.2, -0.15) is 0 Å². The zero-order valence-electron chi connectivity index (χ0n) is 15.4. The number of hydrogen-bond donors (Lipinski definition) is 2. The van der Waals surface area contributed by atoms with Crippen LogP contribution in [0.3, 0.4) is 0 Å². The Balaban J connectivity index is 0.00000338. The van der Waals surface area contributed by atoms with Gasteiger partial charge in [-0.1, -0.05) is 25.1 Å². The number of ether oxygens (including phenoxy) is 1. The van der Waals surface area contributed by atoms with Crippen LogP contribution < -0.4 is 10.6 Å². The SMILES string of the molecule is CCNC(=NCC(=O)Nc1ccccc1)N1CC(C)C(C(=O)OC)C1.I. The summed E-state index contributed by atoms with van der Waals surface area (Å²) in [5.74, 6) is 0.261. The van der Waals surface area contributed by atoms with E-state index in [1.54, 1.807) is 0 Å². The molecular weight excluding hydrogens is 447 g/mol. The average Bonchev–Trinajstić information content (AvgIpc) is 3.00. The van der Waals surface area contributed by atoms with Crippen LogP contribution in [0.4, 0.5) is 5.69 Å². The zero-order valence-corrected chi connectivity index (χ0v) is 17.7. The lowest BCUT2D eigenvalue weighted by molar-refractivity contribution is -0.146. The van der Waals surface area contributed by atoms with Gasteiger partial charge < -0.3 is 20.3 Å². The third kappa shape index (κ3) is 6.15. The molecule has 144 valence electrons. The van der Waals surface area contributed by atoms with Crippen molar-refractivity contribution >= 4 is 47.5 Å². The first-order valence-electron chi connectivity index (χ1n) is 8.51. The molecular formula is C18H27IN4O3. The topological polar surface area (TPSA) is 83.0 Å². The number of aliphatic imine (C=N–C) groups is 1. The van der Waals surface area contributed by atoms with Crippen LogP contribution in [0.2, 0.25) is 0 Å². The zero-order chi connectivity index (χ0) is 18.2. The lowest BCUT2D eigenvalue weighted by Crippen LogP contribution is -2.41. The van der Waals surface area contributed by atoms with Crippen LogP contribution in [0.1, 0.15) is 13.8 Å². The van der Waals surface area contributed by atoms with Gasteiger partial charge in [0.1, 0.15) is 6.54 Å². The van der Waals surface area contributed by atoms with Crippen LogP contribution >= 0.6 is 24.0 Å². The summed E-state index contributed by atoms with van der Waals surface area (Å²) in [4.78, 5) is 30.3. The molecule has 0 bridgehead atoms. The molecule has 1 aliphatic rings. The van der Waals surface area contributed by atoms with Crippen LogP contribution in [0, 0.1) is 11.8 Å². The van der Waals surface area contributed by atoms with E-state index in [2.05, 4.69) is 15.6 Å². The molecule has 2 atom stereocenters. The fourth-order valence-electron chi connectivity index (χ4n) is 2.89. The molecule has 1 aliphatic heterocycles. The number of carbonyl (C=O) groups excluding carboxylic acids is 2. The standard InChI is InChI=1S/C18H26N4O3.HI/c1-4-19-18(22-11-13(2)15(12-22)17(24)25-3)20-10-16(23)21-14-8-6-5-7-9-14;/h5-9,13,15H,4,10-12H2,1-3H3,(H,19,20)(H,21,23);1H. The van der Waals surface area contributed by atoms with Crippen molar-refractivity contribution in [3.8, 4) is 0 Å². The van der Waals surface area contributed by atoms with Gasteiger partial charge in [0.2, 0.25) is 5.91 Å². The summed E-state index contributed by atoms with van der Waals surface area (Å²) in [5.41, 5.74) is 0.744. The van der Waals surface area contributed by atoms with Gasteiger partial charge in [0.15, 0.2) is 5.96 Å². The second-order valence-corrected chi connectivity index (χ2v) is 6.10. The van der Waals surface area contributed by atoms with E-state index in [0.717, 1.165) is 5.69 Å². The van der Waals surface area contributed by atoms with Gasteiger partial charge in [-0.05, 0) is 25.0 Å². The molecule has 0 spiro atoms. The monoisotopic (exact) mass is 474 g/mol. The molecule has 0 saturated carbocycles. The lowest BCUT2D eigenvalue weighted by Gasteiger charge is -2.21. The quantitative estimate of drug-likeness (QED) is 0.295. The number of carbonyl (C=O) groups is 2. The van der Waals surface area contributed by atoms with Gasteiger partial charge >= 0.3 is 5.97 Å². The molecule has 1 saturated heterocycles. The van der Waals surface area contributed by atoms with Crippen LogP contribution in [0.15, 0.2) is 35.3 Å². The molecule has 0 aliphatic carbocycles. The number of benzene rings is 1. The largest absolute Gasteiger partial charge is 0.469 e. The Bertz CT molecular complexity index is 624. The van der Waals surface area contributed by atoms with Crippen molar-refractivity contribution in [2.45, 2.75) is 13.8 Å². The molecule has 1 aromatic carbocycles. The Kier molecular flexibility index (Phi) is 9.39. The number of guanidine groups is 1. The maximum absolute atomic E-state index is 12.1. The normalized spacial score (nSPS) is 19.5. The van der Waals surface area contributed by atoms with E-state index in [1.165, 1.54) is 7.11 Å². The minimum Gasteiger partial charge on any atom is -0.469 e. The Morgan fingerprint density at radius 3 is 2.58 bits per heavy atom. The van der Waals surface area contributed by atoms with Gasteiger partial charge in [0, 0.05) is 25.3 Å². The van der Waals surface area contributed by atoms with Gasteiger partial charge in [0.25, 0.3) is 0 Å². The third-order valence-electron chi connectivity index (χ3n) is 4.18. The number of methoxy groups -OCH3 is 1. The van der Waals surface area contributed by atoms with Crippen LogP contribution in [0.25, 0.3) is 0 Å². The lowest BCUT2D eigenvalue weighted by atomic mass is 9.99. The first-order valence-corrected chi connectivity index (χ1v) is 8.51. The van der Waals surface area contributed by atoms with Crippen molar-refractivity contribution in [2.75, 3.05) is 38.6 Å². The number of anilines is 1. The molecule has 1 fully saturated rings. The Labute approximate surface area is 171 Å². The minimum absolute atomic E-state index is 0. The second-order valence-electron chi connectivity index (χ2n) is 6.10. The Morgan fingerprint density at radius 2 is 1.96 bits per heavy atom. The number of para-hydroxylation sites is 1. The average molecular weight is 474 g/mol. The van der Waals surface area contributed by atoms with Crippen molar-refractivity contribution in [3.05, 3.63) is 30.3 Å². The summed E-state index contributed by atoms with van der Waals surface area (Å²) < 4.78 is 4.87. The van der Waals surface area contributed by atoms with E-state index < -0.39 is 0 Å². The van der Waals surface area contributed by atoms with E-state index in [4.69, 9.17) is 4.74 Å². The van der Waals surface area contributed by atoms with Gasteiger partial charge in [0.05, 0.1) is 13.0 Å². The molecule has 2 rings (SSSR count). The molecule has 0 radical (unpaired) electrons. The first-order chi connectivity index (χ1) is 12.0. The summed E-state index contributed by atoms with van der Waals surface area (Å²) in [6, 6.07) is 9.28. The highest BCUT2D eigenvalue weighted by Gasteiger charge is 2.36. The Hall–Kier alpha value is -1.84. The minimum atomic E-state index is -0.201. The molecule has 26 heavy (non-hydrogen) atoms. The van der Waals surface area contributed by atoms with Gasteiger partial charge in [-0.15, -0.1) is 24.0 Å². The molecule has 0 aromatic heterocycles. The molecule has 1 heterocycles. The number of rotatable bonds is 5. The Morgan fingerprint density at radius 1 is 1.27 bits per heavy atom. The molecule has 1 aromatic rings. The molecule has 7 nitrogen and oxygen atoms in total. The van der Waals surface area contributed by atoms with Crippen molar-refractivity contribution < 1.29 is 14.3 Å². The van der Waals surface area contributed by atoms with Crippen molar-refractivity contribution in [2.24, 2.45) is 16.8 Å². The van der Waals surface area contributed by atoms with Crippen molar-refractivity contribution in [1.29, 1.82) is 0 Å². The summed E-state index contributed by atoms with van der Waals surface area (Å²) in [6.07, 6.45) is 0.